The van der Waals surface area contributed by atoms with Gasteiger partial charge in [0.1, 0.15) is 6.61 Å². The van der Waals surface area contributed by atoms with Crippen LogP contribution in [-0.2, 0) is 16.1 Å². The van der Waals surface area contributed by atoms with Crippen molar-refractivity contribution in [3.63, 3.8) is 0 Å². The molecule has 3 aromatic carbocycles. The van der Waals surface area contributed by atoms with Gasteiger partial charge in [-0.15, -0.1) is 0 Å². The van der Waals surface area contributed by atoms with Crippen molar-refractivity contribution in [2.24, 2.45) is 4.99 Å². The third kappa shape index (κ3) is 6.79. The van der Waals surface area contributed by atoms with E-state index >= 15 is 0 Å². The van der Waals surface area contributed by atoms with Gasteiger partial charge < -0.3 is 23.7 Å². The van der Waals surface area contributed by atoms with E-state index in [2.05, 4.69) is 20.9 Å². The fraction of sp³-hybridized carbons (Fsp3) is 0.242. The standard InChI is InChI=1S/C33H30BrN3O9S/c1-6-45-32(39)29-18(2)35-33-36(30(29)22-15-26(43-4)27(44-5)16-23(22)34)31(38)28(47-33)14-20-9-12-24(25(13-20)42-3)46-17-19-7-10-21(11-8-19)37(40)41/h7-16,30H,6,17H2,1-5H3/b28-14-/t30-/m0/s1. The molecule has 47 heavy (non-hydrogen) atoms. The van der Waals surface area contributed by atoms with Gasteiger partial charge in [0.05, 0.1) is 54.7 Å². The van der Waals surface area contributed by atoms with Gasteiger partial charge in [-0.2, -0.15) is 0 Å². The summed E-state index contributed by atoms with van der Waals surface area (Å²) in [7, 11) is 4.54. The number of rotatable bonds is 11. The van der Waals surface area contributed by atoms with Crippen molar-refractivity contribution in [2.45, 2.75) is 26.5 Å². The number of methoxy groups -OCH3 is 3. The van der Waals surface area contributed by atoms with Gasteiger partial charge in [-0.05, 0) is 73.0 Å². The lowest BCUT2D eigenvalue weighted by atomic mass is 9.95. The van der Waals surface area contributed by atoms with Crippen LogP contribution in [0.2, 0.25) is 0 Å². The number of carbonyl (C=O) groups excluding carboxylic acids is 1. The fourth-order valence-electron chi connectivity index (χ4n) is 5.08. The maximum Gasteiger partial charge on any atom is 0.338 e. The number of nitro groups is 1. The number of aromatic nitrogens is 1. The summed E-state index contributed by atoms with van der Waals surface area (Å²) in [5.74, 6) is 1.21. The topological polar surface area (TPSA) is 141 Å². The van der Waals surface area contributed by atoms with E-state index in [0.717, 1.165) is 5.56 Å². The van der Waals surface area contributed by atoms with Gasteiger partial charge in [-0.1, -0.05) is 33.3 Å². The third-order valence-corrected chi connectivity index (χ3v) is 9.01. The Morgan fingerprint density at radius 3 is 2.32 bits per heavy atom. The summed E-state index contributed by atoms with van der Waals surface area (Å²) in [4.78, 5) is 42.9. The van der Waals surface area contributed by atoms with Gasteiger partial charge in [-0.25, -0.2) is 9.79 Å². The Hall–Kier alpha value is -4.95. The second-order valence-electron chi connectivity index (χ2n) is 10.2. The minimum atomic E-state index is -0.869. The Labute approximate surface area is 281 Å². The van der Waals surface area contributed by atoms with Crippen molar-refractivity contribution >= 4 is 45.0 Å². The molecule has 4 aromatic rings. The van der Waals surface area contributed by atoms with Crippen LogP contribution in [-0.4, -0.2) is 43.4 Å². The summed E-state index contributed by atoms with van der Waals surface area (Å²) >= 11 is 4.79. The Morgan fingerprint density at radius 2 is 1.68 bits per heavy atom. The molecule has 2 heterocycles. The zero-order chi connectivity index (χ0) is 33.8. The van der Waals surface area contributed by atoms with Gasteiger partial charge in [0.2, 0.25) is 0 Å². The smallest absolute Gasteiger partial charge is 0.338 e. The molecule has 0 saturated carbocycles. The maximum atomic E-state index is 14.1. The normalized spacial score (nSPS) is 14.3. The highest BCUT2D eigenvalue weighted by Gasteiger charge is 2.35. The first-order valence-corrected chi connectivity index (χ1v) is 15.9. The number of benzene rings is 3. The second-order valence-corrected chi connectivity index (χ2v) is 12.0. The van der Waals surface area contributed by atoms with E-state index in [-0.39, 0.29) is 30.0 Å². The molecule has 0 spiro atoms. The molecule has 0 amide bonds. The SMILES string of the molecule is CCOC(=O)C1=C(C)N=c2s/c(=C\c3ccc(OCc4ccc([N+](=O)[O-])cc4)c(OC)c3)c(=O)n2[C@H]1c1cc(OC)c(OC)cc1Br. The molecule has 5 rings (SSSR count). The molecule has 1 aliphatic heterocycles. The van der Waals surface area contributed by atoms with Crippen LogP contribution in [0.5, 0.6) is 23.0 Å². The molecule has 244 valence electrons. The molecule has 0 radical (unpaired) electrons. The highest BCUT2D eigenvalue weighted by atomic mass is 79.9. The number of fused-ring (bicyclic) bond motifs is 1. The van der Waals surface area contributed by atoms with Crippen molar-refractivity contribution in [1.29, 1.82) is 0 Å². The summed E-state index contributed by atoms with van der Waals surface area (Å²) < 4.78 is 30.3. The van der Waals surface area contributed by atoms with E-state index in [4.69, 9.17) is 23.7 Å². The summed E-state index contributed by atoms with van der Waals surface area (Å²) in [6, 6.07) is 13.9. The molecule has 0 bridgehead atoms. The average Bonchev–Trinajstić information content (AvgIpc) is 3.36. The van der Waals surface area contributed by atoms with E-state index in [1.165, 1.54) is 49.4 Å². The van der Waals surface area contributed by atoms with Gasteiger partial charge in [-0.3, -0.25) is 19.5 Å². The Kier molecular flexibility index (Phi) is 10.1. The van der Waals surface area contributed by atoms with Crippen LogP contribution in [0.4, 0.5) is 5.69 Å². The first-order chi connectivity index (χ1) is 22.6. The molecule has 0 N–H and O–H groups in total. The van der Waals surface area contributed by atoms with E-state index in [1.54, 1.807) is 62.4 Å². The first-order valence-electron chi connectivity index (χ1n) is 14.2. The molecule has 0 fully saturated rings. The van der Waals surface area contributed by atoms with Crippen molar-refractivity contribution < 1.29 is 33.4 Å². The molecule has 0 saturated heterocycles. The van der Waals surface area contributed by atoms with Crippen LogP contribution in [0.1, 0.15) is 36.6 Å². The highest BCUT2D eigenvalue weighted by Crippen LogP contribution is 2.41. The molecule has 0 unspecified atom stereocenters. The number of carbonyl (C=O) groups is 1. The number of nitrogens with zero attached hydrogens (tertiary/aromatic N) is 3. The van der Waals surface area contributed by atoms with Gasteiger partial charge in [0.25, 0.3) is 11.2 Å². The summed E-state index contributed by atoms with van der Waals surface area (Å²) in [5.41, 5.74) is 2.30. The molecule has 1 aliphatic rings. The van der Waals surface area contributed by atoms with Crippen LogP contribution >= 0.6 is 27.3 Å². The zero-order valence-electron chi connectivity index (χ0n) is 26.1. The minimum absolute atomic E-state index is 0.00378. The van der Waals surface area contributed by atoms with Crippen LogP contribution in [0.15, 0.2) is 80.1 Å². The lowest BCUT2D eigenvalue weighted by Gasteiger charge is -2.26. The Balaban J connectivity index is 1.55. The van der Waals surface area contributed by atoms with Crippen LogP contribution in [0.3, 0.4) is 0 Å². The summed E-state index contributed by atoms with van der Waals surface area (Å²) in [5, 5.41) is 10.9. The molecule has 14 heteroatoms. The fourth-order valence-corrected chi connectivity index (χ4v) is 6.67. The lowest BCUT2D eigenvalue weighted by Crippen LogP contribution is -2.40. The highest BCUT2D eigenvalue weighted by molar-refractivity contribution is 9.10. The predicted octanol–water partition coefficient (Wildman–Crippen LogP) is 5.07. The van der Waals surface area contributed by atoms with E-state index in [9.17, 15) is 19.7 Å². The zero-order valence-corrected chi connectivity index (χ0v) is 28.5. The summed E-state index contributed by atoms with van der Waals surface area (Å²) in [6.07, 6.45) is 1.72. The average molecular weight is 725 g/mol. The van der Waals surface area contributed by atoms with Crippen molar-refractivity contribution in [3.8, 4) is 23.0 Å². The van der Waals surface area contributed by atoms with Crippen LogP contribution < -0.4 is 33.8 Å². The van der Waals surface area contributed by atoms with E-state index in [1.807, 2.05) is 0 Å². The quantitative estimate of drug-likeness (QED) is 0.118. The van der Waals surface area contributed by atoms with Crippen molar-refractivity contribution in [3.05, 3.63) is 117 Å². The number of esters is 1. The number of hydrogen-bond acceptors (Lipinski definition) is 11. The predicted molar refractivity (Wildman–Crippen MR) is 178 cm³/mol. The number of non-ortho nitro benzene ring substituents is 1. The first kappa shape index (κ1) is 33.4. The van der Waals surface area contributed by atoms with Gasteiger partial charge >= 0.3 is 5.97 Å². The van der Waals surface area contributed by atoms with E-state index < -0.39 is 16.9 Å². The lowest BCUT2D eigenvalue weighted by molar-refractivity contribution is -0.384. The van der Waals surface area contributed by atoms with Crippen LogP contribution in [0, 0.1) is 10.1 Å². The molecule has 0 aliphatic carbocycles. The molecule has 1 atom stereocenters. The van der Waals surface area contributed by atoms with Gasteiger partial charge in [0, 0.05) is 16.6 Å². The molecule has 1 aromatic heterocycles. The number of hydrogen-bond donors (Lipinski definition) is 0. The number of thiazole rings is 1. The molecular formula is C33H30BrN3O9S. The minimum Gasteiger partial charge on any atom is -0.493 e. The maximum absolute atomic E-state index is 14.1. The van der Waals surface area contributed by atoms with Crippen LogP contribution in [0.25, 0.3) is 6.08 Å². The van der Waals surface area contributed by atoms with Crippen molar-refractivity contribution in [1.82, 2.24) is 4.57 Å². The number of allylic oxidation sites excluding steroid dienone is 1. The molecule has 12 nitrogen and oxygen atoms in total. The van der Waals surface area contributed by atoms with Gasteiger partial charge in [0.15, 0.2) is 27.8 Å². The Morgan fingerprint density at radius 1 is 1.02 bits per heavy atom. The van der Waals surface area contributed by atoms with E-state index in [0.29, 0.717) is 53.6 Å². The monoisotopic (exact) mass is 723 g/mol. The number of ether oxygens (including phenoxy) is 5. The number of nitro benzene ring substituents is 1. The third-order valence-electron chi connectivity index (χ3n) is 7.34. The van der Waals surface area contributed by atoms with Crippen molar-refractivity contribution in [2.75, 3.05) is 27.9 Å². The summed E-state index contributed by atoms with van der Waals surface area (Å²) in [6.45, 7) is 3.74. The molecular weight excluding hydrogens is 694 g/mol. The Bertz CT molecular complexity index is 2070. The second kappa shape index (κ2) is 14.2. The number of halogens is 1. The largest absolute Gasteiger partial charge is 0.493 e.